The predicted molar refractivity (Wildman–Crippen MR) is 50.7 cm³/mol. The van der Waals surface area contributed by atoms with Gasteiger partial charge in [-0.15, -0.1) is 0 Å². The molecule has 62 valence electrons. The third kappa shape index (κ3) is 0.966. The van der Waals surface area contributed by atoms with Gasteiger partial charge in [-0.1, -0.05) is 0 Å². The third-order valence-electron chi connectivity index (χ3n) is 1.91. The fraction of sp³-hybridized carbons (Fsp3) is 0.111. The number of halogens is 2. The zero-order valence-electron chi connectivity index (χ0n) is 6.49. The van der Waals surface area contributed by atoms with E-state index in [4.69, 9.17) is 0 Å². The van der Waals surface area contributed by atoms with Crippen LogP contribution in [0.1, 0.15) is 5.56 Å². The number of nitrogens with one attached hydrogen (secondary N) is 1. The lowest BCUT2D eigenvalue weighted by Crippen LogP contribution is -1.82. The lowest BCUT2D eigenvalue weighted by Gasteiger charge is -2.00. The van der Waals surface area contributed by atoms with Crippen LogP contribution in [0, 0.1) is 12.7 Å². The Bertz CT molecular complexity index is 433. The molecule has 0 saturated heterocycles. The van der Waals surface area contributed by atoms with Gasteiger partial charge >= 0.3 is 0 Å². The summed E-state index contributed by atoms with van der Waals surface area (Å²) in [5.41, 5.74) is 1.48. The Balaban J connectivity index is 2.97. The largest absolute Gasteiger partial charge is 0.359 e. The fourth-order valence-corrected chi connectivity index (χ4v) is 1.73. The molecule has 0 unspecified atom stereocenters. The van der Waals surface area contributed by atoms with Gasteiger partial charge in [0.2, 0.25) is 0 Å². The first kappa shape index (κ1) is 7.80. The van der Waals surface area contributed by atoms with Crippen LogP contribution in [0.4, 0.5) is 4.39 Å². The molecule has 1 nitrogen and oxygen atoms in total. The van der Waals surface area contributed by atoms with E-state index in [9.17, 15) is 4.39 Å². The van der Waals surface area contributed by atoms with E-state index in [0.29, 0.717) is 5.52 Å². The summed E-state index contributed by atoms with van der Waals surface area (Å²) in [6.45, 7) is 1.87. The van der Waals surface area contributed by atoms with Crippen LogP contribution in [0.3, 0.4) is 0 Å². The van der Waals surface area contributed by atoms with E-state index in [0.717, 1.165) is 15.4 Å². The van der Waals surface area contributed by atoms with Crippen molar-refractivity contribution in [3.63, 3.8) is 0 Å². The molecule has 0 spiro atoms. The van der Waals surface area contributed by atoms with Crippen molar-refractivity contribution in [1.82, 2.24) is 4.98 Å². The number of benzene rings is 1. The van der Waals surface area contributed by atoms with Crippen LogP contribution < -0.4 is 0 Å². The zero-order chi connectivity index (χ0) is 8.72. The molecule has 0 fully saturated rings. The van der Waals surface area contributed by atoms with Gasteiger partial charge in [-0.2, -0.15) is 0 Å². The van der Waals surface area contributed by atoms with Crippen LogP contribution in [0.25, 0.3) is 10.9 Å². The van der Waals surface area contributed by atoms with E-state index in [1.165, 1.54) is 6.07 Å². The molecule has 1 heterocycles. The summed E-state index contributed by atoms with van der Waals surface area (Å²) in [6.07, 6.45) is 1.73. The van der Waals surface area contributed by atoms with E-state index >= 15 is 0 Å². The molecular weight excluding hydrogens is 221 g/mol. The van der Waals surface area contributed by atoms with Crippen molar-refractivity contribution in [2.45, 2.75) is 6.92 Å². The Kier molecular flexibility index (Phi) is 1.68. The van der Waals surface area contributed by atoms with Crippen molar-refractivity contribution in [2.75, 3.05) is 0 Å². The first-order valence-corrected chi connectivity index (χ1v) is 4.41. The van der Waals surface area contributed by atoms with Gasteiger partial charge in [-0.25, -0.2) is 4.39 Å². The van der Waals surface area contributed by atoms with Crippen molar-refractivity contribution in [1.29, 1.82) is 0 Å². The average Bonchev–Trinajstić information content (AvgIpc) is 2.48. The third-order valence-corrected chi connectivity index (χ3v) is 2.96. The second kappa shape index (κ2) is 2.59. The molecular formula is C9H7BrFN. The molecule has 2 aromatic rings. The van der Waals surface area contributed by atoms with Crippen LogP contribution in [0.5, 0.6) is 0 Å². The van der Waals surface area contributed by atoms with Gasteiger partial charge in [-0.3, -0.25) is 0 Å². The molecule has 0 aliphatic heterocycles. The smallest absolute Gasteiger partial charge is 0.147 e. The standard InChI is InChI=1S/C9H7BrFN/c1-5-4-7(11)9-6(8(5)10)2-3-12-9/h2-4,12H,1H3. The molecule has 0 bridgehead atoms. The van der Waals surface area contributed by atoms with Gasteiger partial charge in [0.15, 0.2) is 0 Å². The van der Waals surface area contributed by atoms with E-state index in [2.05, 4.69) is 20.9 Å². The number of H-pyrrole nitrogens is 1. The van der Waals surface area contributed by atoms with Gasteiger partial charge in [-0.05, 0) is 40.5 Å². The topological polar surface area (TPSA) is 15.8 Å². The molecule has 12 heavy (non-hydrogen) atoms. The summed E-state index contributed by atoms with van der Waals surface area (Å²) in [4.78, 5) is 2.85. The maximum atomic E-state index is 13.2. The molecule has 0 atom stereocenters. The molecule has 0 saturated carbocycles. The van der Waals surface area contributed by atoms with Crippen molar-refractivity contribution in [3.8, 4) is 0 Å². The first-order chi connectivity index (χ1) is 5.70. The van der Waals surface area contributed by atoms with E-state index in [-0.39, 0.29) is 5.82 Å². The minimum atomic E-state index is -0.198. The van der Waals surface area contributed by atoms with Gasteiger partial charge in [0.05, 0.1) is 5.52 Å². The predicted octanol–water partition coefficient (Wildman–Crippen LogP) is 3.38. The van der Waals surface area contributed by atoms with Gasteiger partial charge in [0.25, 0.3) is 0 Å². The van der Waals surface area contributed by atoms with Crippen molar-refractivity contribution in [2.24, 2.45) is 0 Å². The Morgan fingerprint density at radius 1 is 1.50 bits per heavy atom. The highest BCUT2D eigenvalue weighted by Gasteiger charge is 2.07. The van der Waals surface area contributed by atoms with Crippen LogP contribution >= 0.6 is 15.9 Å². The lowest BCUT2D eigenvalue weighted by atomic mass is 10.2. The second-order valence-corrected chi connectivity index (χ2v) is 3.55. The first-order valence-electron chi connectivity index (χ1n) is 3.62. The van der Waals surface area contributed by atoms with Crippen molar-refractivity contribution >= 4 is 26.8 Å². The maximum Gasteiger partial charge on any atom is 0.147 e. The van der Waals surface area contributed by atoms with Gasteiger partial charge < -0.3 is 4.98 Å². The van der Waals surface area contributed by atoms with Crippen LogP contribution in [0.2, 0.25) is 0 Å². The van der Waals surface area contributed by atoms with Crippen LogP contribution in [0.15, 0.2) is 22.8 Å². The number of hydrogen-bond acceptors (Lipinski definition) is 0. The van der Waals surface area contributed by atoms with Crippen molar-refractivity contribution < 1.29 is 4.39 Å². The van der Waals surface area contributed by atoms with E-state index in [1.807, 2.05) is 13.0 Å². The summed E-state index contributed by atoms with van der Waals surface area (Å²) < 4.78 is 14.2. The van der Waals surface area contributed by atoms with E-state index in [1.54, 1.807) is 6.20 Å². The molecule has 0 amide bonds. The zero-order valence-corrected chi connectivity index (χ0v) is 8.07. The normalized spacial score (nSPS) is 10.9. The molecule has 1 aromatic heterocycles. The number of aromatic amines is 1. The fourth-order valence-electron chi connectivity index (χ4n) is 1.29. The van der Waals surface area contributed by atoms with Gasteiger partial charge in [0.1, 0.15) is 5.82 Å². The molecule has 2 rings (SSSR count). The highest BCUT2D eigenvalue weighted by molar-refractivity contribution is 9.10. The monoisotopic (exact) mass is 227 g/mol. The highest BCUT2D eigenvalue weighted by atomic mass is 79.9. The quantitative estimate of drug-likeness (QED) is 0.711. The number of aryl methyl sites for hydroxylation is 1. The van der Waals surface area contributed by atoms with Crippen LogP contribution in [-0.4, -0.2) is 4.98 Å². The van der Waals surface area contributed by atoms with E-state index < -0.39 is 0 Å². The number of aromatic nitrogens is 1. The minimum absolute atomic E-state index is 0.198. The Labute approximate surface area is 77.7 Å². The Hall–Kier alpha value is -0.830. The number of rotatable bonds is 0. The van der Waals surface area contributed by atoms with Gasteiger partial charge in [0, 0.05) is 16.1 Å². The molecule has 3 heteroatoms. The summed E-state index contributed by atoms with van der Waals surface area (Å²) >= 11 is 3.41. The maximum absolute atomic E-state index is 13.2. The summed E-state index contributed by atoms with van der Waals surface area (Å²) in [5, 5.41) is 0.896. The second-order valence-electron chi connectivity index (χ2n) is 2.76. The molecule has 0 aliphatic rings. The molecule has 1 aromatic carbocycles. The van der Waals surface area contributed by atoms with Crippen LogP contribution in [-0.2, 0) is 0 Å². The van der Waals surface area contributed by atoms with Crippen molar-refractivity contribution in [3.05, 3.63) is 34.2 Å². The SMILES string of the molecule is Cc1cc(F)c2[nH]ccc2c1Br. The average molecular weight is 228 g/mol. The molecule has 1 N–H and O–H groups in total. The number of hydrogen-bond donors (Lipinski definition) is 1. The minimum Gasteiger partial charge on any atom is -0.359 e. The number of fused-ring (bicyclic) bond motifs is 1. The Morgan fingerprint density at radius 3 is 3.00 bits per heavy atom. The lowest BCUT2D eigenvalue weighted by molar-refractivity contribution is 0.636. The summed E-state index contributed by atoms with van der Waals surface area (Å²) in [5.74, 6) is -0.198. The Morgan fingerprint density at radius 2 is 2.25 bits per heavy atom. The molecule has 0 aliphatic carbocycles. The molecule has 0 radical (unpaired) electrons. The summed E-state index contributed by atoms with van der Waals surface area (Å²) in [7, 11) is 0. The highest BCUT2D eigenvalue weighted by Crippen LogP contribution is 2.28. The summed E-state index contributed by atoms with van der Waals surface area (Å²) in [6, 6.07) is 3.37.